The molecular weight excluding hydrogens is 200 g/mol. The normalized spacial score (nSPS) is 10.1. The fraction of sp³-hybridized carbons (Fsp3) is 0. The molecule has 14 heavy (non-hydrogen) atoms. The number of hydrogen-bond donors (Lipinski definition) is 3. The quantitative estimate of drug-likeness (QED) is 0.506. The summed E-state index contributed by atoms with van der Waals surface area (Å²) in [5.41, 5.74) is 2.48. The van der Waals surface area contributed by atoms with E-state index in [-0.39, 0.29) is 0 Å². The summed E-state index contributed by atoms with van der Waals surface area (Å²) >= 11 is 1.46. The first-order valence-corrected chi connectivity index (χ1v) is 4.66. The van der Waals surface area contributed by atoms with Gasteiger partial charge in [-0.25, -0.2) is 15.8 Å². The minimum Gasteiger partial charge on any atom is -0.308 e. The summed E-state index contributed by atoms with van der Waals surface area (Å²) in [4.78, 5) is 8.97. The van der Waals surface area contributed by atoms with Crippen LogP contribution in [0.5, 0.6) is 0 Å². The van der Waals surface area contributed by atoms with Gasteiger partial charge in [-0.05, 0) is 12.1 Å². The second-order valence-corrected chi connectivity index (χ2v) is 3.48. The lowest BCUT2D eigenvalue weighted by atomic mass is 10.5. The van der Waals surface area contributed by atoms with E-state index in [1.165, 1.54) is 18.1 Å². The first-order chi connectivity index (χ1) is 6.88. The molecule has 0 aromatic carbocycles. The lowest BCUT2D eigenvalue weighted by molar-refractivity contribution is 0.973. The summed E-state index contributed by atoms with van der Waals surface area (Å²) in [7, 11) is 0. The summed E-state index contributed by atoms with van der Waals surface area (Å²) in [6.07, 6.45) is 3.14. The maximum Gasteiger partial charge on any atom is 0.188 e. The molecule has 2 heterocycles. The Balaban J connectivity index is 2.17. The van der Waals surface area contributed by atoms with Gasteiger partial charge in [-0.2, -0.15) is 5.10 Å². The minimum absolute atomic E-state index is 0.620. The third-order valence-electron chi connectivity index (χ3n) is 1.49. The van der Waals surface area contributed by atoms with E-state index in [1.54, 1.807) is 6.20 Å². The van der Waals surface area contributed by atoms with E-state index in [4.69, 9.17) is 5.84 Å². The van der Waals surface area contributed by atoms with Crippen LogP contribution >= 0.6 is 11.8 Å². The van der Waals surface area contributed by atoms with Gasteiger partial charge in [0, 0.05) is 11.1 Å². The minimum atomic E-state index is 0.620. The summed E-state index contributed by atoms with van der Waals surface area (Å²) in [5.74, 6) is 5.85. The second-order valence-electron chi connectivity index (χ2n) is 2.41. The zero-order valence-corrected chi connectivity index (χ0v) is 7.95. The molecule has 0 radical (unpaired) electrons. The summed E-state index contributed by atoms with van der Waals surface area (Å²) < 4.78 is 0. The summed E-state index contributed by atoms with van der Waals surface area (Å²) in [5, 5.41) is 7.24. The van der Waals surface area contributed by atoms with Gasteiger partial charge in [-0.1, -0.05) is 11.8 Å². The van der Waals surface area contributed by atoms with Gasteiger partial charge in [0.2, 0.25) is 0 Å². The number of aromatic amines is 1. The smallest absolute Gasteiger partial charge is 0.188 e. The average molecular weight is 208 g/mol. The molecule has 2 rings (SSSR count). The van der Waals surface area contributed by atoms with Gasteiger partial charge in [-0.15, -0.1) is 0 Å². The highest BCUT2D eigenvalue weighted by Gasteiger charge is 2.00. The zero-order valence-electron chi connectivity index (χ0n) is 7.14. The lowest BCUT2D eigenvalue weighted by Crippen LogP contribution is -2.07. The van der Waals surface area contributed by atoms with Crippen LogP contribution in [0.1, 0.15) is 0 Å². The van der Waals surface area contributed by atoms with Gasteiger partial charge in [0.1, 0.15) is 12.1 Å². The SMILES string of the molecule is NNc1cc(Sc2ncn[nH]2)ccn1. The molecule has 0 aliphatic rings. The molecule has 2 aromatic rings. The number of anilines is 1. The Morgan fingerprint density at radius 1 is 1.43 bits per heavy atom. The molecule has 0 bridgehead atoms. The predicted octanol–water partition coefficient (Wildman–Crippen LogP) is 0.637. The standard InChI is InChI=1S/C7H8N6S/c8-12-6-3-5(1-2-9-6)14-7-10-4-11-13-7/h1-4H,8H2,(H,9,12)(H,10,11,13). The van der Waals surface area contributed by atoms with Crippen molar-refractivity contribution in [2.45, 2.75) is 10.1 Å². The molecule has 0 saturated carbocycles. The first-order valence-electron chi connectivity index (χ1n) is 3.84. The molecule has 0 spiro atoms. The Morgan fingerprint density at radius 2 is 2.36 bits per heavy atom. The van der Waals surface area contributed by atoms with Crippen LogP contribution in [0.2, 0.25) is 0 Å². The number of hydrazine groups is 1. The summed E-state index contributed by atoms with van der Waals surface area (Å²) in [6, 6.07) is 3.70. The molecule has 0 fully saturated rings. The van der Waals surface area contributed by atoms with Crippen molar-refractivity contribution in [2.75, 3.05) is 5.43 Å². The number of aromatic nitrogens is 4. The Kier molecular flexibility index (Phi) is 2.61. The Bertz CT molecular complexity index is 400. The van der Waals surface area contributed by atoms with Crippen molar-refractivity contribution in [3.05, 3.63) is 24.7 Å². The van der Waals surface area contributed by atoms with Crippen molar-refractivity contribution in [2.24, 2.45) is 5.84 Å². The zero-order chi connectivity index (χ0) is 9.80. The number of nitrogens with zero attached hydrogens (tertiary/aromatic N) is 3. The van der Waals surface area contributed by atoms with Crippen LogP contribution in [-0.4, -0.2) is 20.2 Å². The molecule has 0 atom stereocenters. The van der Waals surface area contributed by atoms with E-state index < -0.39 is 0 Å². The molecule has 0 aliphatic heterocycles. The number of H-pyrrole nitrogens is 1. The fourth-order valence-corrected chi connectivity index (χ4v) is 1.63. The molecular formula is C7H8N6S. The van der Waals surface area contributed by atoms with E-state index in [0.717, 1.165) is 10.1 Å². The van der Waals surface area contributed by atoms with Crippen LogP contribution in [0.25, 0.3) is 0 Å². The average Bonchev–Trinajstić information content (AvgIpc) is 2.71. The number of pyridine rings is 1. The molecule has 0 aliphatic carbocycles. The molecule has 0 unspecified atom stereocenters. The first kappa shape index (κ1) is 8.97. The molecule has 6 nitrogen and oxygen atoms in total. The number of rotatable bonds is 3. The second kappa shape index (κ2) is 4.07. The van der Waals surface area contributed by atoms with Gasteiger partial charge in [0.05, 0.1) is 0 Å². The fourth-order valence-electron chi connectivity index (χ4n) is 0.909. The number of nitrogens with two attached hydrogens (primary N) is 1. The van der Waals surface area contributed by atoms with E-state index in [0.29, 0.717) is 5.82 Å². The van der Waals surface area contributed by atoms with Crippen LogP contribution in [0.3, 0.4) is 0 Å². The van der Waals surface area contributed by atoms with Gasteiger partial charge >= 0.3 is 0 Å². The lowest BCUT2D eigenvalue weighted by Gasteiger charge is -2.00. The summed E-state index contributed by atoms with van der Waals surface area (Å²) in [6.45, 7) is 0. The Labute approximate surface area is 84.3 Å². The highest BCUT2D eigenvalue weighted by Crippen LogP contribution is 2.24. The van der Waals surface area contributed by atoms with Crippen molar-refractivity contribution in [1.29, 1.82) is 0 Å². The molecule has 0 saturated heterocycles. The number of nitrogen functional groups attached to an aromatic ring is 1. The van der Waals surface area contributed by atoms with Crippen LogP contribution < -0.4 is 11.3 Å². The van der Waals surface area contributed by atoms with E-state index in [9.17, 15) is 0 Å². The van der Waals surface area contributed by atoms with Gasteiger partial charge < -0.3 is 5.43 Å². The molecule has 72 valence electrons. The predicted molar refractivity (Wildman–Crippen MR) is 52.6 cm³/mol. The monoisotopic (exact) mass is 208 g/mol. The van der Waals surface area contributed by atoms with Crippen molar-refractivity contribution in [1.82, 2.24) is 20.2 Å². The molecule has 2 aromatic heterocycles. The van der Waals surface area contributed by atoms with Crippen LogP contribution in [-0.2, 0) is 0 Å². The number of nitrogens with one attached hydrogen (secondary N) is 2. The maximum atomic E-state index is 5.23. The van der Waals surface area contributed by atoms with E-state index in [1.807, 2.05) is 12.1 Å². The van der Waals surface area contributed by atoms with Crippen molar-refractivity contribution < 1.29 is 0 Å². The van der Waals surface area contributed by atoms with Crippen molar-refractivity contribution in [3.8, 4) is 0 Å². The van der Waals surface area contributed by atoms with E-state index in [2.05, 4.69) is 25.6 Å². The van der Waals surface area contributed by atoms with Crippen LogP contribution in [0.15, 0.2) is 34.7 Å². The van der Waals surface area contributed by atoms with Gasteiger partial charge in [0.15, 0.2) is 5.16 Å². The number of hydrogen-bond acceptors (Lipinski definition) is 6. The maximum absolute atomic E-state index is 5.23. The van der Waals surface area contributed by atoms with Gasteiger partial charge in [0.25, 0.3) is 0 Å². The Morgan fingerprint density at radius 3 is 3.07 bits per heavy atom. The van der Waals surface area contributed by atoms with Crippen LogP contribution in [0, 0.1) is 0 Å². The Hall–Kier alpha value is -1.60. The highest BCUT2D eigenvalue weighted by molar-refractivity contribution is 7.99. The highest BCUT2D eigenvalue weighted by atomic mass is 32.2. The van der Waals surface area contributed by atoms with E-state index >= 15 is 0 Å². The molecule has 0 amide bonds. The van der Waals surface area contributed by atoms with Gasteiger partial charge in [-0.3, -0.25) is 5.10 Å². The third-order valence-corrected chi connectivity index (χ3v) is 2.37. The van der Waals surface area contributed by atoms with Crippen LogP contribution in [0.4, 0.5) is 5.82 Å². The topological polar surface area (TPSA) is 92.5 Å². The van der Waals surface area contributed by atoms with Crippen molar-refractivity contribution >= 4 is 17.6 Å². The molecule has 7 heteroatoms. The van der Waals surface area contributed by atoms with Crippen molar-refractivity contribution in [3.63, 3.8) is 0 Å². The third kappa shape index (κ3) is 2.01. The molecule has 4 N–H and O–H groups in total. The largest absolute Gasteiger partial charge is 0.308 e.